The number of rotatable bonds is 10. The van der Waals surface area contributed by atoms with Crippen molar-refractivity contribution in [1.82, 2.24) is 4.72 Å². The molecule has 30 heavy (non-hydrogen) atoms. The van der Waals surface area contributed by atoms with E-state index in [1.165, 1.54) is 12.1 Å². The average molecular weight is 450 g/mol. The summed E-state index contributed by atoms with van der Waals surface area (Å²) in [6, 6.07) is 14.0. The first-order chi connectivity index (χ1) is 14.3. The highest BCUT2D eigenvalue weighted by molar-refractivity contribution is 7.89. The summed E-state index contributed by atoms with van der Waals surface area (Å²) in [7, 11) is -3.66. The maximum atomic E-state index is 13.0. The molecule has 5 nitrogen and oxygen atoms in total. The molecule has 0 aliphatic heterocycles. The van der Waals surface area contributed by atoms with Gasteiger partial charge in [0.2, 0.25) is 10.0 Å². The minimum Gasteiger partial charge on any atom is -0.481 e. The molecular formula is C23H28ClNO4S. The van der Waals surface area contributed by atoms with Crippen LogP contribution >= 0.6 is 11.6 Å². The molecule has 1 saturated carbocycles. The van der Waals surface area contributed by atoms with Gasteiger partial charge in [-0.1, -0.05) is 48.7 Å². The Morgan fingerprint density at radius 2 is 1.67 bits per heavy atom. The van der Waals surface area contributed by atoms with Gasteiger partial charge in [0, 0.05) is 17.5 Å². The Kier molecular flexibility index (Phi) is 7.92. The predicted molar refractivity (Wildman–Crippen MR) is 118 cm³/mol. The number of nitrogens with one attached hydrogen (secondary N) is 1. The number of halogens is 1. The third-order valence-corrected chi connectivity index (χ3v) is 7.43. The lowest BCUT2D eigenvalue weighted by molar-refractivity contribution is -0.137. The molecule has 0 aromatic heterocycles. The standard InChI is InChI=1S/C23H28ClNO4S/c24-20-13-15-21(16-14-20)30(28,29)25-23(18-6-2-3-7-18)19-11-9-17(10-12-19)5-1-4-8-22(26)27/h9-16,18,23,25H,1-8H2,(H,26,27). The second-order valence-corrected chi connectivity index (χ2v) is 10.1. The lowest BCUT2D eigenvalue weighted by Crippen LogP contribution is -2.32. The Balaban J connectivity index is 1.73. The van der Waals surface area contributed by atoms with Gasteiger partial charge in [0.05, 0.1) is 4.90 Å². The van der Waals surface area contributed by atoms with Crippen LogP contribution in [0.4, 0.5) is 0 Å². The van der Waals surface area contributed by atoms with Crippen molar-refractivity contribution in [1.29, 1.82) is 0 Å². The molecule has 1 fully saturated rings. The number of aryl methyl sites for hydroxylation is 1. The van der Waals surface area contributed by atoms with E-state index >= 15 is 0 Å². The first kappa shape index (κ1) is 22.8. The molecule has 1 unspecified atom stereocenters. The fraction of sp³-hybridized carbons (Fsp3) is 0.435. The third kappa shape index (κ3) is 6.30. The number of unbranched alkanes of at least 4 members (excludes halogenated alkanes) is 1. The minimum atomic E-state index is -3.66. The molecule has 3 rings (SSSR count). The fourth-order valence-electron chi connectivity index (χ4n) is 4.07. The molecule has 1 aliphatic rings. The number of hydrogen-bond donors (Lipinski definition) is 2. The van der Waals surface area contributed by atoms with E-state index in [-0.39, 0.29) is 23.3 Å². The Hall–Kier alpha value is -1.89. The number of carboxylic acids is 1. The Bertz CT molecular complexity index is 936. The summed E-state index contributed by atoms with van der Waals surface area (Å²) < 4.78 is 28.9. The lowest BCUT2D eigenvalue weighted by Gasteiger charge is -2.25. The number of aliphatic carboxylic acids is 1. The second-order valence-electron chi connectivity index (χ2n) is 7.94. The Morgan fingerprint density at radius 1 is 1.03 bits per heavy atom. The van der Waals surface area contributed by atoms with E-state index in [1.807, 2.05) is 24.3 Å². The summed E-state index contributed by atoms with van der Waals surface area (Å²) in [6.45, 7) is 0. The maximum absolute atomic E-state index is 13.0. The van der Waals surface area contributed by atoms with Crippen LogP contribution < -0.4 is 4.72 Å². The molecule has 2 aromatic rings. The van der Waals surface area contributed by atoms with E-state index < -0.39 is 16.0 Å². The number of carboxylic acid groups (broad SMARTS) is 1. The highest BCUT2D eigenvalue weighted by Crippen LogP contribution is 2.37. The van der Waals surface area contributed by atoms with Gasteiger partial charge in [0.25, 0.3) is 0 Å². The highest BCUT2D eigenvalue weighted by atomic mass is 35.5. The predicted octanol–water partition coefficient (Wildman–Crippen LogP) is 5.35. The van der Waals surface area contributed by atoms with Crippen LogP contribution in [0.1, 0.15) is 62.1 Å². The van der Waals surface area contributed by atoms with Crippen molar-refractivity contribution in [3.8, 4) is 0 Å². The summed E-state index contributed by atoms with van der Waals surface area (Å²) in [4.78, 5) is 10.8. The van der Waals surface area contributed by atoms with Crippen molar-refractivity contribution in [2.75, 3.05) is 0 Å². The molecule has 0 amide bonds. The minimum absolute atomic E-state index is 0.189. The van der Waals surface area contributed by atoms with Gasteiger partial charge in [0.1, 0.15) is 0 Å². The largest absolute Gasteiger partial charge is 0.481 e. The van der Waals surface area contributed by atoms with Crippen LogP contribution in [0.15, 0.2) is 53.4 Å². The second kappa shape index (κ2) is 10.4. The normalized spacial score (nSPS) is 15.9. The number of carbonyl (C=O) groups is 1. The quantitative estimate of drug-likeness (QED) is 0.479. The van der Waals surface area contributed by atoms with Crippen LogP contribution in [0.3, 0.4) is 0 Å². The molecule has 0 saturated heterocycles. The summed E-state index contributed by atoms with van der Waals surface area (Å²) in [5.74, 6) is -0.494. The molecule has 2 N–H and O–H groups in total. The first-order valence-corrected chi connectivity index (χ1v) is 12.3. The summed E-state index contributed by atoms with van der Waals surface area (Å²) in [5.41, 5.74) is 2.10. The van der Waals surface area contributed by atoms with Crippen molar-refractivity contribution >= 4 is 27.6 Å². The molecule has 1 atom stereocenters. The fourth-order valence-corrected chi connectivity index (χ4v) is 5.49. The zero-order valence-corrected chi connectivity index (χ0v) is 18.5. The van der Waals surface area contributed by atoms with Crippen LogP contribution in [0.2, 0.25) is 5.02 Å². The van der Waals surface area contributed by atoms with E-state index in [1.54, 1.807) is 12.1 Å². The molecular weight excluding hydrogens is 422 g/mol. The van der Waals surface area contributed by atoms with Crippen molar-refractivity contribution in [2.24, 2.45) is 5.92 Å². The summed E-state index contributed by atoms with van der Waals surface area (Å²) in [5, 5.41) is 9.24. The summed E-state index contributed by atoms with van der Waals surface area (Å²) in [6.07, 6.45) is 6.72. The molecule has 0 heterocycles. The van der Waals surface area contributed by atoms with Gasteiger partial charge >= 0.3 is 5.97 Å². The van der Waals surface area contributed by atoms with Crippen LogP contribution in [-0.4, -0.2) is 19.5 Å². The van der Waals surface area contributed by atoms with Gasteiger partial charge in [-0.2, -0.15) is 0 Å². The molecule has 0 bridgehead atoms. The zero-order valence-electron chi connectivity index (χ0n) is 16.9. The van der Waals surface area contributed by atoms with Gasteiger partial charge < -0.3 is 5.11 Å². The highest BCUT2D eigenvalue weighted by Gasteiger charge is 2.30. The van der Waals surface area contributed by atoms with E-state index in [4.69, 9.17) is 16.7 Å². The zero-order chi connectivity index (χ0) is 21.6. The van der Waals surface area contributed by atoms with Gasteiger partial charge in [-0.25, -0.2) is 13.1 Å². The van der Waals surface area contributed by atoms with Crippen molar-refractivity contribution < 1.29 is 18.3 Å². The van der Waals surface area contributed by atoms with Crippen LogP contribution in [-0.2, 0) is 21.2 Å². The van der Waals surface area contributed by atoms with Gasteiger partial charge in [0.15, 0.2) is 0 Å². The molecule has 162 valence electrons. The Labute approximate surface area is 183 Å². The topological polar surface area (TPSA) is 83.5 Å². The van der Waals surface area contributed by atoms with Crippen LogP contribution in [0.5, 0.6) is 0 Å². The molecule has 2 aromatic carbocycles. The monoisotopic (exact) mass is 449 g/mol. The molecule has 0 spiro atoms. The van der Waals surface area contributed by atoms with E-state index in [2.05, 4.69) is 4.72 Å². The van der Waals surface area contributed by atoms with E-state index in [9.17, 15) is 13.2 Å². The van der Waals surface area contributed by atoms with Crippen molar-refractivity contribution in [3.05, 3.63) is 64.7 Å². The van der Waals surface area contributed by atoms with Crippen molar-refractivity contribution in [3.63, 3.8) is 0 Å². The third-order valence-electron chi connectivity index (χ3n) is 5.72. The van der Waals surface area contributed by atoms with E-state index in [0.717, 1.165) is 49.7 Å². The Morgan fingerprint density at radius 3 is 2.27 bits per heavy atom. The smallest absolute Gasteiger partial charge is 0.303 e. The molecule has 1 aliphatic carbocycles. The van der Waals surface area contributed by atoms with Gasteiger partial charge in [-0.05, 0) is 73.4 Å². The van der Waals surface area contributed by atoms with Crippen LogP contribution in [0.25, 0.3) is 0 Å². The molecule has 7 heteroatoms. The number of hydrogen-bond acceptors (Lipinski definition) is 3. The number of sulfonamides is 1. The van der Waals surface area contributed by atoms with E-state index in [0.29, 0.717) is 11.4 Å². The molecule has 0 radical (unpaired) electrons. The van der Waals surface area contributed by atoms with Gasteiger partial charge in [-0.15, -0.1) is 0 Å². The van der Waals surface area contributed by atoms with Crippen molar-refractivity contribution in [2.45, 2.75) is 62.3 Å². The van der Waals surface area contributed by atoms with Gasteiger partial charge in [-0.3, -0.25) is 4.79 Å². The average Bonchev–Trinajstić information content (AvgIpc) is 3.25. The maximum Gasteiger partial charge on any atom is 0.303 e. The SMILES string of the molecule is O=C(O)CCCCc1ccc(C(NS(=O)(=O)c2ccc(Cl)cc2)C2CCCC2)cc1. The summed E-state index contributed by atoms with van der Waals surface area (Å²) >= 11 is 5.90. The lowest BCUT2D eigenvalue weighted by atomic mass is 9.91. The number of benzene rings is 2. The first-order valence-electron chi connectivity index (χ1n) is 10.4. The van der Waals surface area contributed by atoms with Crippen LogP contribution in [0, 0.1) is 5.92 Å².